The van der Waals surface area contributed by atoms with E-state index in [9.17, 15) is 0 Å². The quantitative estimate of drug-likeness (QED) is 0.831. The molecule has 2 atom stereocenters. The van der Waals surface area contributed by atoms with Crippen molar-refractivity contribution in [2.75, 3.05) is 19.3 Å². The van der Waals surface area contributed by atoms with Crippen molar-refractivity contribution in [3.05, 3.63) is 41.3 Å². The topological polar surface area (TPSA) is 31.9 Å². The summed E-state index contributed by atoms with van der Waals surface area (Å²) in [6, 6.07) is 7.03. The predicted molar refractivity (Wildman–Crippen MR) is 105 cm³/mol. The molecule has 1 aromatic carbocycles. The van der Waals surface area contributed by atoms with Gasteiger partial charge in [-0.1, -0.05) is 31.0 Å². The van der Waals surface area contributed by atoms with E-state index in [1.165, 1.54) is 42.5 Å². The number of piperidine rings is 1. The monoisotopic (exact) mass is 343 g/mol. The van der Waals surface area contributed by atoms with Crippen LogP contribution in [-0.2, 0) is 0 Å². The standard InChI is InChI=1S/C20H29N3S/c1-14-8-9-15(2)17(11-14)18-12-21-20(22-18)19-7-5-6-10-23(19)13-16(3)24-4/h8-9,11-12,16,19H,5-7,10,13H2,1-4H3,(H,21,22). The first-order valence-corrected chi connectivity index (χ1v) is 10.3. The van der Waals surface area contributed by atoms with E-state index in [1.54, 1.807) is 0 Å². The number of likely N-dealkylation sites (tertiary alicyclic amines) is 1. The first-order valence-electron chi connectivity index (χ1n) is 8.98. The minimum Gasteiger partial charge on any atom is -0.347 e. The van der Waals surface area contributed by atoms with Crippen molar-refractivity contribution in [3.8, 4) is 11.3 Å². The number of aromatic nitrogens is 2. The van der Waals surface area contributed by atoms with Gasteiger partial charge in [0.1, 0.15) is 5.82 Å². The molecule has 0 aliphatic carbocycles. The summed E-state index contributed by atoms with van der Waals surface area (Å²) in [4.78, 5) is 11.1. The normalized spacial score (nSPS) is 20.2. The molecule has 2 aromatic rings. The van der Waals surface area contributed by atoms with E-state index < -0.39 is 0 Å². The van der Waals surface area contributed by atoms with Crippen LogP contribution >= 0.6 is 11.8 Å². The van der Waals surface area contributed by atoms with Gasteiger partial charge in [-0.05, 0) is 51.1 Å². The molecule has 24 heavy (non-hydrogen) atoms. The number of aromatic amines is 1. The summed E-state index contributed by atoms with van der Waals surface area (Å²) in [5.74, 6) is 1.14. The van der Waals surface area contributed by atoms with Crippen LogP contribution in [0.1, 0.15) is 49.2 Å². The maximum atomic E-state index is 4.99. The smallest absolute Gasteiger partial charge is 0.124 e. The molecule has 0 radical (unpaired) electrons. The van der Waals surface area contributed by atoms with E-state index in [-0.39, 0.29) is 0 Å². The Labute approximate surface area is 150 Å². The van der Waals surface area contributed by atoms with Crippen molar-refractivity contribution >= 4 is 11.8 Å². The summed E-state index contributed by atoms with van der Waals surface area (Å²) in [6.07, 6.45) is 8.11. The number of H-pyrrole nitrogens is 1. The van der Waals surface area contributed by atoms with Gasteiger partial charge in [-0.2, -0.15) is 11.8 Å². The second-order valence-electron chi connectivity index (χ2n) is 7.04. The molecular formula is C20H29N3S. The molecule has 1 aromatic heterocycles. The minimum atomic E-state index is 0.437. The van der Waals surface area contributed by atoms with Crippen molar-refractivity contribution < 1.29 is 0 Å². The van der Waals surface area contributed by atoms with E-state index in [2.05, 4.69) is 61.3 Å². The van der Waals surface area contributed by atoms with E-state index in [4.69, 9.17) is 4.98 Å². The molecule has 0 bridgehead atoms. The molecule has 1 N–H and O–H groups in total. The number of imidazole rings is 1. The van der Waals surface area contributed by atoms with Gasteiger partial charge in [-0.25, -0.2) is 4.98 Å². The van der Waals surface area contributed by atoms with Gasteiger partial charge in [0, 0.05) is 23.6 Å². The summed E-state index contributed by atoms with van der Waals surface area (Å²) in [6.45, 7) is 8.96. The van der Waals surface area contributed by atoms with Crippen molar-refractivity contribution in [2.24, 2.45) is 0 Å². The minimum absolute atomic E-state index is 0.437. The SMILES string of the molecule is CSC(C)CN1CCCCC1c1nc(-c2cc(C)ccc2C)c[nH]1. The van der Waals surface area contributed by atoms with Gasteiger partial charge in [0.25, 0.3) is 0 Å². The second kappa shape index (κ2) is 7.75. The second-order valence-corrected chi connectivity index (χ2v) is 8.32. The molecule has 2 heterocycles. The highest BCUT2D eigenvalue weighted by molar-refractivity contribution is 7.99. The molecule has 1 aliphatic rings. The number of nitrogens with one attached hydrogen (secondary N) is 1. The van der Waals surface area contributed by atoms with Crippen LogP contribution in [0.3, 0.4) is 0 Å². The molecule has 2 unspecified atom stereocenters. The molecule has 3 rings (SSSR count). The van der Waals surface area contributed by atoms with Gasteiger partial charge in [0.05, 0.1) is 11.7 Å². The molecular weight excluding hydrogens is 314 g/mol. The van der Waals surface area contributed by atoms with Crippen molar-refractivity contribution in [1.82, 2.24) is 14.9 Å². The molecule has 3 nitrogen and oxygen atoms in total. The molecule has 4 heteroatoms. The fourth-order valence-electron chi connectivity index (χ4n) is 3.58. The number of rotatable bonds is 5. The number of hydrogen-bond donors (Lipinski definition) is 1. The number of nitrogens with zero attached hydrogens (tertiary/aromatic N) is 2. The Hall–Kier alpha value is -1.26. The number of thioether (sulfide) groups is 1. The first-order chi connectivity index (χ1) is 11.6. The highest BCUT2D eigenvalue weighted by Gasteiger charge is 2.27. The lowest BCUT2D eigenvalue weighted by molar-refractivity contribution is 0.145. The Morgan fingerprint density at radius 2 is 2.17 bits per heavy atom. The van der Waals surface area contributed by atoms with Crippen LogP contribution in [0.5, 0.6) is 0 Å². The molecule has 0 saturated carbocycles. The van der Waals surface area contributed by atoms with Gasteiger partial charge in [-0.3, -0.25) is 4.90 Å². The number of aryl methyl sites for hydroxylation is 2. The van der Waals surface area contributed by atoms with Gasteiger partial charge >= 0.3 is 0 Å². The molecule has 0 amide bonds. The van der Waals surface area contributed by atoms with E-state index in [0.717, 1.165) is 18.1 Å². The maximum absolute atomic E-state index is 4.99. The van der Waals surface area contributed by atoms with E-state index >= 15 is 0 Å². The Bertz CT molecular complexity index is 679. The Balaban J connectivity index is 1.84. The zero-order valence-electron chi connectivity index (χ0n) is 15.3. The zero-order chi connectivity index (χ0) is 17.1. The lowest BCUT2D eigenvalue weighted by atomic mass is 10.0. The third-order valence-electron chi connectivity index (χ3n) is 5.09. The summed E-state index contributed by atoms with van der Waals surface area (Å²) >= 11 is 1.95. The molecule has 0 spiro atoms. The Morgan fingerprint density at radius 3 is 2.96 bits per heavy atom. The highest BCUT2D eigenvalue weighted by atomic mass is 32.2. The summed E-state index contributed by atoms with van der Waals surface area (Å²) in [7, 11) is 0. The molecule has 1 fully saturated rings. The Morgan fingerprint density at radius 1 is 1.33 bits per heavy atom. The van der Waals surface area contributed by atoms with Crippen LogP contribution < -0.4 is 0 Å². The van der Waals surface area contributed by atoms with E-state index in [1.807, 2.05) is 11.8 Å². The van der Waals surface area contributed by atoms with Gasteiger partial charge in [0.2, 0.25) is 0 Å². The zero-order valence-corrected chi connectivity index (χ0v) is 16.1. The van der Waals surface area contributed by atoms with Crippen molar-refractivity contribution in [2.45, 2.75) is 51.3 Å². The average molecular weight is 344 g/mol. The summed E-state index contributed by atoms with van der Waals surface area (Å²) in [5.41, 5.74) is 4.90. The molecule has 1 saturated heterocycles. The summed E-state index contributed by atoms with van der Waals surface area (Å²) in [5, 5.41) is 0.666. The fraction of sp³-hybridized carbons (Fsp3) is 0.550. The van der Waals surface area contributed by atoms with Crippen molar-refractivity contribution in [1.29, 1.82) is 0 Å². The fourth-order valence-corrected chi connectivity index (χ4v) is 3.92. The number of hydrogen-bond acceptors (Lipinski definition) is 3. The maximum Gasteiger partial charge on any atom is 0.124 e. The van der Waals surface area contributed by atoms with E-state index in [0.29, 0.717) is 11.3 Å². The largest absolute Gasteiger partial charge is 0.347 e. The third-order valence-corrected chi connectivity index (χ3v) is 6.04. The van der Waals surface area contributed by atoms with Crippen LogP contribution in [0.4, 0.5) is 0 Å². The van der Waals surface area contributed by atoms with Gasteiger partial charge in [-0.15, -0.1) is 0 Å². The van der Waals surface area contributed by atoms with Crippen LogP contribution in [0.2, 0.25) is 0 Å². The van der Waals surface area contributed by atoms with Crippen LogP contribution in [0.25, 0.3) is 11.3 Å². The van der Waals surface area contributed by atoms with Gasteiger partial charge in [0.15, 0.2) is 0 Å². The summed E-state index contributed by atoms with van der Waals surface area (Å²) < 4.78 is 0. The lowest BCUT2D eigenvalue weighted by Crippen LogP contribution is -2.37. The molecule has 1 aliphatic heterocycles. The first kappa shape index (κ1) is 17.6. The number of benzene rings is 1. The third kappa shape index (κ3) is 3.86. The predicted octanol–water partition coefficient (Wildman–Crippen LogP) is 4.97. The average Bonchev–Trinajstić information content (AvgIpc) is 3.07. The Kier molecular flexibility index (Phi) is 5.67. The lowest BCUT2D eigenvalue weighted by Gasteiger charge is -2.35. The van der Waals surface area contributed by atoms with Crippen LogP contribution in [0.15, 0.2) is 24.4 Å². The van der Waals surface area contributed by atoms with Gasteiger partial charge < -0.3 is 4.98 Å². The van der Waals surface area contributed by atoms with Crippen LogP contribution in [0, 0.1) is 13.8 Å². The van der Waals surface area contributed by atoms with Crippen molar-refractivity contribution in [3.63, 3.8) is 0 Å². The van der Waals surface area contributed by atoms with Crippen LogP contribution in [-0.4, -0.2) is 39.5 Å². The highest BCUT2D eigenvalue weighted by Crippen LogP contribution is 2.32. The molecule has 130 valence electrons.